The number of halogens is 2. The molecule has 1 amide bonds. The van der Waals surface area contributed by atoms with Crippen molar-refractivity contribution >= 4 is 36.4 Å². The molecule has 1 aromatic heterocycles. The van der Waals surface area contributed by atoms with Crippen LogP contribution in [0, 0.1) is 0 Å². The Labute approximate surface area is 148 Å². The monoisotopic (exact) mass is 357 g/mol. The molecule has 7 heteroatoms. The third-order valence-electron chi connectivity index (χ3n) is 2.82. The van der Waals surface area contributed by atoms with Crippen molar-refractivity contribution < 1.29 is 9.53 Å². The van der Waals surface area contributed by atoms with Gasteiger partial charge in [-0.15, -0.1) is 24.8 Å². The van der Waals surface area contributed by atoms with Crippen LogP contribution in [-0.2, 0) is 4.79 Å². The van der Waals surface area contributed by atoms with Gasteiger partial charge in [0.25, 0.3) is 0 Å². The Morgan fingerprint density at radius 2 is 1.87 bits per heavy atom. The molecule has 0 bridgehead atoms. The second kappa shape index (κ2) is 11.7. The summed E-state index contributed by atoms with van der Waals surface area (Å²) >= 11 is 0. The first-order valence-electron chi connectivity index (χ1n) is 6.91. The van der Waals surface area contributed by atoms with E-state index in [2.05, 4.69) is 15.6 Å². The first kappa shape index (κ1) is 21.2. The maximum Gasteiger partial charge on any atom is 0.224 e. The number of anilines is 1. The van der Waals surface area contributed by atoms with Gasteiger partial charge in [-0.25, -0.2) is 4.98 Å². The van der Waals surface area contributed by atoms with E-state index < -0.39 is 0 Å². The van der Waals surface area contributed by atoms with Crippen LogP contribution in [0.3, 0.4) is 0 Å². The highest BCUT2D eigenvalue weighted by atomic mass is 35.5. The molecule has 0 saturated carbocycles. The number of nitrogens with zero attached hydrogens (tertiary/aromatic N) is 1. The van der Waals surface area contributed by atoms with Crippen molar-refractivity contribution in [3.63, 3.8) is 0 Å². The molecule has 2 rings (SSSR count). The minimum atomic E-state index is -0.0104. The summed E-state index contributed by atoms with van der Waals surface area (Å²) in [6.07, 6.45) is 2.89. The minimum absolute atomic E-state index is 0. The summed E-state index contributed by atoms with van der Waals surface area (Å²) in [5.41, 5.74) is 0.671. The number of rotatable bonds is 7. The Hall–Kier alpha value is -1.82. The van der Waals surface area contributed by atoms with Gasteiger partial charge in [-0.1, -0.05) is 18.2 Å². The second-order valence-electron chi connectivity index (χ2n) is 4.56. The van der Waals surface area contributed by atoms with Crippen molar-refractivity contribution in [3.05, 3.63) is 48.7 Å². The predicted molar refractivity (Wildman–Crippen MR) is 97.0 cm³/mol. The smallest absolute Gasteiger partial charge is 0.224 e. The molecular weight excluding hydrogens is 337 g/mol. The lowest BCUT2D eigenvalue weighted by Crippen LogP contribution is -2.15. The van der Waals surface area contributed by atoms with E-state index in [1.807, 2.05) is 37.4 Å². The third kappa shape index (κ3) is 7.83. The molecule has 1 heterocycles. The number of ether oxygens (including phenoxy) is 1. The number of nitrogens with one attached hydrogen (secondary N) is 2. The lowest BCUT2D eigenvalue weighted by Gasteiger charge is -2.07. The van der Waals surface area contributed by atoms with Gasteiger partial charge >= 0.3 is 0 Å². The predicted octanol–water partition coefficient (Wildman–Crippen LogP) is 3.66. The van der Waals surface area contributed by atoms with Crippen molar-refractivity contribution in [1.29, 1.82) is 0 Å². The highest BCUT2D eigenvalue weighted by Gasteiger charge is 2.03. The van der Waals surface area contributed by atoms with Gasteiger partial charge in [-0.3, -0.25) is 4.79 Å². The molecule has 0 spiro atoms. The first-order valence-corrected chi connectivity index (χ1v) is 6.91. The molecule has 2 aromatic rings. The van der Waals surface area contributed by atoms with Crippen molar-refractivity contribution in [2.45, 2.75) is 12.8 Å². The summed E-state index contributed by atoms with van der Waals surface area (Å²) in [6.45, 7) is 0.829. The van der Waals surface area contributed by atoms with Crippen LogP contribution < -0.4 is 15.4 Å². The number of amides is 1. The van der Waals surface area contributed by atoms with E-state index in [4.69, 9.17) is 4.74 Å². The Bertz CT molecular complexity index is 565. The molecule has 0 aliphatic rings. The molecule has 5 nitrogen and oxygen atoms in total. The van der Waals surface area contributed by atoms with E-state index in [0.717, 1.165) is 18.7 Å². The summed E-state index contributed by atoms with van der Waals surface area (Å²) < 4.78 is 5.59. The van der Waals surface area contributed by atoms with E-state index in [9.17, 15) is 4.79 Å². The zero-order valence-corrected chi connectivity index (χ0v) is 14.5. The van der Waals surface area contributed by atoms with Crippen LogP contribution in [0.15, 0.2) is 48.7 Å². The van der Waals surface area contributed by atoms with Crippen LogP contribution >= 0.6 is 24.8 Å². The number of carbonyl (C=O) groups is 1. The van der Waals surface area contributed by atoms with Crippen LogP contribution in [0.5, 0.6) is 11.6 Å². The minimum Gasteiger partial charge on any atom is -0.439 e. The van der Waals surface area contributed by atoms with Crippen LogP contribution in [0.1, 0.15) is 12.8 Å². The second-order valence-corrected chi connectivity index (χ2v) is 4.56. The van der Waals surface area contributed by atoms with Gasteiger partial charge in [0, 0.05) is 12.5 Å². The lowest BCUT2D eigenvalue weighted by molar-refractivity contribution is -0.116. The van der Waals surface area contributed by atoms with Crippen molar-refractivity contribution in [1.82, 2.24) is 10.3 Å². The summed E-state index contributed by atoms with van der Waals surface area (Å²) in [5.74, 6) is 1.21. The van der Waals surface area contributed by atoms with Crippen LogP contribution in [-0.4, -0.2) is 24.5 Å². The number of benzene rings is 1. The average Bonchev–Trinajstić information content (AvgIpc) is 2.51. The van der Waals surface area contributed by atoms with Crippen LogP contribution in [0.25, 0.3) is 0 Å². The summed E-state index contributed by atoms with van der Waals surface area (Å²) in [5, 5.41) is 5.82. The largest absolute Gasteiger partial charge is 0.439 e. The number of aromatic nitrogens is 1. The van der Waals surface area contributed by atoms with E-state index in [-0.39, 0.29) is 30.7 Å². The van der Waals surface area contributed by atoms with E-state index in [0.29, 0.717) is 18.0 Å². The molecule has 0 radical (unpaired) electrons. The fourth-order valence-electron chi connectivity index (χ4n) is 1.77. The molecule has 0 unspecified atom stereocenters. The van der Waals surface area contributed by atoms with E-state index in [1.54, 1.807) is 18.3 Å². The number of hydrogen-bond donors (Lipinski definition) is 2. The zero-order valence-electron chi connectivity index (χ0n) is 12.8. The fraction of sp³-hybridized carbons (Fsp3) is 0.250. The van der Waals surface area contributed by atoms with Crippen LogP contribution in [0.4, 0.5) is 5.69 Å². The highest BCUT2D eigenvalue weighted by molar-refractivity contribution is 5.90. The number of para-hydroxylation sites is 1. The van der Waals surface area contributed by atoms with Crippen molar-refractivity contribution in [2.75, 3.05) is 18.9 Å². The maximum atomic E-state index is 11.7. The molecule has 2 N–H and O–H groups in total. The Kier molecular flexibility index (Phi) is 10.8. The number of carbonyl (C=O) groups excluding carboxylic acids is 1. The quantitative estimate of drug-likeness (QED) is 0.742. The molecular formula is C16H21Cl2N3O2. The molecule has 0 atom stereocenters. The van der Waals surface area contributed by atoms with E-state index >= 15 is 0 Å². The fourth-order valence-corrected chi connectivity index (χ4v) is 1.77. The highest BCUT2D eigenvalue weighted by Crippen LogP contribution is 2.19. The molecule has 0 aliphatic heterocycles. The van der Waals surface area contributed by atoms with E-state index in [1.165, 1.54) is 0 Å². The molecule has 126 valence electrons. The van der Waals surface area contributed by atoms with Gasteiger partial charge in [0.15, 0.2) is 0 Å². The Morgan fingerprint density at radius 1 is 1.13 bits per heavy atom. The zero-order chi connectivity index (χ0) is 14.9. The molecule has 23 heavy (non-hydrogen) atoms. The standard InChI is InChI=1S/C16H19N3O2.2ClH/c1-17-11-5-8-15(20)19-13-9-10-16(18-12-13)21-14-6-3-2-4-7-14;;/h2-4,6-7,9-10,12,17H,5,8,11H2,1H3,(H,19,20);2*1H. The lowest BCUT2D eigenvalue weighted by atomic mass is 10.3. The van der Waals surface area contributed by atoms with Gasteiger partial charge in [0.2, 0.25) is 11.8 Å². The van der Waals surface area contributed by atoms with Crippen molar-refractivity contribution in [2.24, 2.45) is 0 Å². The Morgan fingerprint density at radius 3 is 2.48 bits per heavy atom. The summed E-state index contributed by atoms with van der Waals surface area (Å²) in [6, 6.07) is 13.0. The molecule has 0 aliphatic carbocycles. The van der Waals surface area contributed by atoms with Gasteiger partial charge in [-0.05, 0) is 38.2 Å². The maximum absolute atomic E-state index is 11.7. The van der Waals surface area contributed by atoms with Gasteiger partial charge in [0.1, 0.15) is 5.75 Å². The SMILES string of the molecule is CNCCCC(=O)Nc1ccc(Oc2ccccc2)nc1.Cl.Cl. The van der Waals surface area contributed by atoms with Gasteiger partial charge in [0.05, 0.1) is 11.9 Å². The average molecular weight is 358 g/mol. The third-order valence-corrected chi connectivity index (χ3v) is 2.82. The summed E-state index contributed by atoms with van der Waals surface area (Å²) in [4.78, 5) is 15.8. The Balaban J connectivity index is 0.00000242. The van der Waals surface area contributed by atoms with Gasteiger partial charge in [-0.2, -0.15) is 0 Å². The molecule has 0 fully saturated rings. The topological polar surface area (TPSA) is 63.2 Å². The van der Waals surface area contributed by atoms with Crippen LogP contribution in [0.2, 0.25) is 0 Å². The first-order chi connectivity index (χ1) is 10.3. The number of pyridine rings is 1. The van der Waals surface area contributed by atoms with Crippen molar-refractivity contribution in [3.8, 4) is 11.6 Å². The van der Waals surface area contributed by atoms with Gasteiger partial charge < -0.3 is 15.4 Å². The number of hydrogen-bond acceptors (Lipinski definition) is 4. The summed E-state index contributed by atoms with van der Waals surface area (Å²) in [7, 11) is 1.87. The molecule has 0 saturated heterocycles. The molecule has 1 aromatic carbocycles. The normalized spacial score (nSPS) is 9.26.